The van der Waals surface area contributed by atoms with Gasteiger partial charge in [-0.05, 0) is 37.0 Å². The van der Waals surface area contributed by atoms with Crippen LogP contribution in [0, 0.1) is 5.92 Å². The number of ether oxygens (including phenoxy) is 1. The summed E-state index contributed by atoms with van der Waals surface area (Å²) in [4.78, 5) is 2.37. The van der Waals surface area contributed by atoms with Crippen molar-refractivity contribution in [3.63, 3.8) is 0 Å². The Balaban J connectivity index is 2.06. The highest BCUT2D eigenvalue weighted by atomic mass is 35.5. The molecule has 4 heteroatoms. The number of piperidine rings is 1. The molecule has 1 aromatic rings. The predicted molar refractivity (Wildman–Crippen MR) is 77.7 cm³/mol. The molecule has 0 aliphatic carbocycles. The fraction of sp³-hybridized carbons (Fsp3) is 0.600. The van der Waals surface area contributed by atoms with Crippen molar-refractivity contribution in [2.45, 2.75) is 32.4 Å². The second-order valence-electron chi connectivity index (χ2n) is 5.22. The third-order valence-electron chi connectivity index (χ3n) is 3.94. The monoisotopic (exact) mass is 283 g/mol. The van der Waals surface area contributed by atoms with Gasteiger partial charge in [0.15, 0.2) is 0 Å². The molecule has 0 radical (unpaired) electrons. The number of nitrogens with zero attached hydrogens (tertiary/aromatic N) is 1. The van der Waals surface area contributed by atoms with Gasteiger partial charge >= 0.3 is 0 Å². The average Bonchev–Trinajstić information content (AvgIpc) is 2.41. The second-order valence-corrected chi connectivity index (χ2v) is 5.65. The zero-order chi connectivity index (χ0) is 13.8. The van der Waals surface area contributed by atoms with E-state index in [1.807, 2.05) is 18.2 Å². The van der Waals surface area contributed by atoms with Crippen LogP contribution in [0.1, 0.15) is 25.3 Å². The van der Waals surface area contributed by atoms with Crippen LogP contribution < -0.4 is 4.74 Å². The minimum absolute atomic E-state index is 0.150. The van der Waals surface area contributed by atoms with Crippen molar-refractivity contribution in [3.05, 3.63) is 28.8 Å². The zero-order valence-corrected chi connectivity index (χ0v) is 12.4. The first kappa shape index (κ1) is 14.6. The molecule has 1 fully saturated rings. The molecule has 0 aromatic heterocycles. The zero-order valence-electron chi connectivity index (χ0n) is 11.6. The van der Waals surface area contributed by atoms with E-state index in [0.717, 1.165) is 48.8 Å². The molecule has 0 bridgehead atoms. The Morgan fingerprint density at radius 3 is 2.95 bits per heavy atom. The SMILES string of the molecule is CCC1CN(Cc2cc(Cl)ccc2OC)CCC1O. The number of likely N-dealkylation sites (tertiary alicyclic amines) is 1. The standard InChI is InChI=1S/C15H22ClNO2/c1-3-11-9-17(7-6-14(11)18)10-12-8-13(16)4-5-15(12)19-2/h4-5,8,11,14,18H,3,6-7,9-10H2,1-2H3. The molecule has 2 unspecified atom stereocenters. The minimum Gasteiger partial charge on any atom is -0.496 e. The van der Waals surface area contributed by atoms with Gasteiger partial charge in [-0.25, -0.2) is 0 Å². The molecule has 2 atom stereocenters. The topological polar surface area (TPSA) is 32.7 Å². The summed E-state index contributed by atoms with van der Waals surface area (Å²) in [7, 11) is 1.68. The quantitative estimate of drug-likeness (QED) is 0.922. The van der Waals surface area contributed by atoms with Crippen molar-refractivity contribution in [2.24, 2.45) is 5.92 Å². The maximum atomic E-state index is 9.93. The Kier molecular flexibility index (Phi) is 5.08. The largest absolute Gasteiger partial charge is 0.496 e. The number of methoxy groups -OCH3 is 1. The second kappa shape index (κ2) is 6.60. The predicted octanol–water partition coefficient (Wildman–Crippen LogP) is 2.94. The fourth-order valence-corrected chi connectivity index (χ4v) is 2.95. The van der Waals surface area contributed by atoms with Crippen LogP contribution >= 0.6 is 11.6 Å². The fourth-order valence-electron chi connectivity index (χ4n) is 2.75. The molecule has 1 heterocycles. The van der Waals surface area contributed by atoms with E-state index in [9.17, 15) is 5.11 Å². The van der Waals surface area contributed by atoms with Gasteiger partial charge in [-0.2, -0.15) is 0 Å². The molecule has 0 amide bonds. The van der Waals surface area contributed by atoms with Gasteiger partial charge in [0.05, 0.1) is 13.2 Å². The summed E-state index contributed by atoms with van der Waals surface area (Å²) in [6.07, 6.45) is 1.72. The van der Waals surface area contributed by atoms with E-state index in [1.54, 1.807) is 7.11 Å². The Morgan fingerprint density at radius 1 is 1.47 bits per heavy atom. The average molecular weight is 284 g/mol. The molecule has 19 heavy (non-hydrogen) atoms. The van der Waals surface area contributed by atoms with E-state index in [1.165, 1.54) is 0 Å². The van der Waals surface area contributed by atoms with Crippen molar-refractivity contribution in [1.29, 1.82) is 0 Å². The van der Waals surface area contributed by atoms with Crippen LogP contribution in [0.5, 0.6) is 5.75 Å². The molecule has 2 rings (SSSR count). The molecule has 1 aromatic carbocycles. The molecular formula is C15H22ClNO2. The summed E-state index contributed by atoms with van der Waals surface area (Å²) >= 11 is 6.06. The van der Waals surface area contributed by atoms with Gasteiger partial charge in [0.1, 0.15) is 5.75 Å². The summed E-state index contributed by atoms with van der Waals surface area (Å²) < 4.78 is 5.38. The van der Waals surface area contributed by atoms with Crippen LogP contribution in [0.15, 0.2) is 18.2 Å². The minimum atomic E-state index is -0.150. The van der Waals surface area contributed by atoms with Gasteiger partial charge in [-0.15, -0.1) is 0 Å². The number of rotatable bonds is 4. The molecule has 0 spiro atoms. The van der Waals surface area contributed by atoms with Crippen LogP contribution in [0.2, 0.25) is 5.02 Å². The van der Waals surface area contributed by atoms with Crippen molar-refractivity contribution < 1.29 is 9.84 Å². The lowest BCUT2D eigenvalue weighted by Crippen LogP contribution is -2.42. The molecule has 1 saturated heterocycles. The lowest BCUT2D eigenvalue weighted by Gasteiger charge is -2.36. The van der Waals surface area contributed by atoms with E-state index in [4.69, 9.17) is 16.3 Å². The normalized spacial score (nSPS) is 24.4. The van der Waals surface area contributed by atoms with Gasteiger partial charge in [-0.1, -0.05) is 18.5 Å². The van der Waals surface area contributed by atoms with E-state index >= 15 is 0 Å². The van der Waals surface area contributed by atoms with E-state index in [0.29, 0.717) is 5.92 Å². The third-order valence-corrected chi connectivity index (χ3v) is 4.17. The number of aliphatic hydroxyl groups is 1. The maximum Gasteiger partial charge on any atom is 0.123 e. The lowest BCUT2D eigenvalue weighted by atomic mass is 9.92. The Hall–Kier alpha value is -0.770. The van der Waals surface area contributed by atoms with Crippen LogP contribution in [0.4, 0.5) is 0 Å². The van der Waals surface area contributed by atoms with Gasteiger partial charge in [0.2, 0.25) is 0 Å². The molecule has 1 aliphatic heterocycles. The van der Waals surface area contributed by atoms with Crippen LogP contribution in [0.25, 0.3) is 0 Å². The van der Waals surface area contributed by atoms with Crippen LogP contribution in [-0.2, 0) is 6.54 Å². The molecule has 1 aliphatic rings. The van der Waals surface area contributed by atoms with Gasteiger partial charge < -0.3 is 9.84 Å². The Morgan fingerprint density at radius 2 is 2.26 bits per heavy atom. The number of hydrogen-bond acceptors (Lipinski definition) is 3. The van der Waals surface area contributed by atoms with Gasteiger partial charge in [0.25, 0.3) is 0 Å². The first-order chi connectivity index (χ1) is 9.13. The first-order valence-electron chi connectivity index (χ1n) is 6.87. The summed E-state index contributed by atoms with van der Waals surface area (Å²) in [6, 6.07) is 5.72. The summed E-state index contributed by atoms with van der Waals surface area (Å²) in [5, 5.41) is 10.7. The van der Waals surface area contributed by atoms with Crippen LogP contribution in [0.3, 0.4) is 0 Å². The molecule has 1 N–H and O–H groups in total. The Bertz CT molecular complexity index is 425. The Labute approximate surface area is 120 Å². The summed E-state index contributed by atoms with van der Waals surface area (Å²) in [6.45, 7) is 4.82. The van der Waals surface area contributed by atoms with Gasteiger partial charge in [-0.3, -0.25) is 4.90 Å². The van der Waals surface area contributed by atoms with Crippen molar-refractivity contribution in [3.8, 4) is 5.75 Å². The number of hydrogen-bond donors (Lipinski definition) is 1. The number of aliphatic hydroxyl groups excluding tert-OH is 1. The first-order valence-corrected chi connectivity index (χ1v) is 7.24. The number of halogens is 1. The van der Waals surface area contributed by atoms with Crippen molar-refractivity contribution in [1.82, 2.24) is 4.90 Å². The molecule has 106 valence electrons. The van der Waals surface area contributed by atoms with E-state index in [2.05, 4.69) is 11.8 Å². The highest BCUT2D eigenvalue weighted by Crippen LogP contribution is 2.27. The molecule has 3 nitrogen and oxygen atoms in total. The third kappa shape index (κ3) is 3.62. The molecular weight excluding hydrogens is 262 g/mol. The maximum absolute atomic E-state index is 9.93. The summed E-state index contributed by atoms with van der Waals surface area (Å²) in [5.41, 5.74) is 1.11. The summed E-state index contributed by atoms with van der Waals surface area (Å²) in [5.74, 6) is 1.25. The van der Waals surface area contributed by atoms with E-state index < -0.39 is 0 Å². The van der Waals surface area contributed by atoms with Gasteiger partial charge in [0, 0.05) is 30.2 Å². The van der Waals surface area contributed by atoms with E-state index in [-0.39, 0.29) is 6.10 Å². The van der Waals surface area contributed by atoms with Crippen molar-refractivity contribution >= 4 is 11.6 Å². The van der Waals surface area contributed by atoms with Crippen LogP contribution in [-0.4, -0.2) is 36.3 Å². The van der Waals surface area contributed by atoms with Crippen molar-refractivity contribution in [2.75, 3.05) is 20.2 Å². The lowest BCUT2D eigenvalue weighted by molar-refractivity contribution is 0.0220. The number of benzene rings is 1. The smallest absolute Gasteiger partial charge is 0.123 e. The highest BCUT2D eigenvalue weighted by Gasteiger charge is 2.26. The molecule has 0 saturated carbocycles. The highest BCUT2D eigenvalue weighted by molar-refractivity contribution is 6.30.